The quantitative estimate of drug-likeness (QED) is 0.531. The van der Waals surface area contributed by atoms with E-state index in [2.05, 4.69) is 5.32 Å². The lowest BCUT2D eigenvalue weighted by Crippen LogP contribution is -2.49. The molecule has 192 valence electrons. The fraction of sp³-hybridized carbons (Fsp3) is 0.423. The van der Waals surface area contributed by atoms with Gasteiger partial charge in [-0.2, -0.15) is 0 Å². The van der Waals surface area contributed by atoms with Gasteiger partial charge in [0.05, 0.1) is 5.56 Å². The van der Waals surface area contributed by atoms with Crippen molar-refractivity contribution in [2.24, 2.45) is 0 Å². The van der Waals surface area contributed by atoms with Gasteiger partial charge in [0.1, 0.15) is 10.9 Å². The number of halogens is 1. The number of nitrogens with zero attached hydrogens (tertiary/aromatic N) is 2. The zero-order valence-electron chi connectivity index (χ0n) is 20.2. The Morgan fingerprint density at radius 3 is 2.56 bits per heavy atom. The molecular weight excluding hydrogens is 502 g/mol. The lowest BCUT2D eigenvalue weighted by molar-refractivity contribution is -0.141. The van der Waals surface area contributed by atoms with E-state index < -0.39 is 22.0 Å². The first-order valence-corrected chi connectivity index (χ1v) is 14.0. The number of nitrogens with one attached hydrogen (secondary N) is 1. The van der Waals surface area contributed by atoms with E-state index in [1.54, 1.807) is 37.3 Å². The summed E-state index contributed by atoms with van der Waals surface area (Å²) < 4.78 is 26.4. The molecule has 0 unspecified atom stereocenters. The van der Waals surface area contributed by atoms with Gasteiger partial charge >= 0.3 is 0 Å². The Hall–Kier alpha value is -2.91. The first kappa shape index (κ1) is 26.2. The largest absolute Gasteiger partial charge is 0.352 e. The first-order valence-electron chi connectivity index (χ1n) is 12.2. The van der Waals surface area contributed by atoms with Crippen molar-refractivity contribution < 1.29 is 22.8 Å². The van der Waals surface area contributed by atoms with Crippen LogP contribution in [-0.2, 0) is 26.2 Å². The molecule has 0 bridgehead atoms. The number of amides is 3. The van der Waals surface area contributed by atoms with Crippen LogP contribution in [0.3, 0.4) is 0 Å². The molecule has 1 aliphatic carbocycles. The molecule has 10 heteroatoms. The standard InChI is InChI=1S/C26H30ClN3O5S/c1-18(25(32)28-21-10-2-3-11-21)29(17-19-8-6-9-20(27)16-19)24(31)14-7-15-30-26(33)22-12-4-5-13-23(22)36(30,34)35/h4-6,8-9,12-13,16,18,21H,2-3,7,10-11,14-15,17H2,1H3,(H,28,32)/t18-/m0/s1. The molecular formula is C26H30ClN3O5S. The number of benzene rings is 2. The third-order valence-electron chi connectivity index (χ3n) is 6.77. The fourth-order valence-corrected chi connectivity index (χ4v) is 6.60. The summed E-state index contributed by atoms with van der Waals surface area (Å²) in [4.78, 5) is 40.4. The van der Waals surface area contributed by atoms with E-state index in [1.165, 1.54) is 17.0 Å². The summed E-state index contributed by atoms with van der Waals surface area (Å²) in [6.07, 6.45) is 4.14. The van der Waals surface area contributed by atoms with Gasteiger partial charge in [0.2, 0.25) is 11.8 Å². The minimum Gasteiger partial charge on any atom is -0.352 e. The van der Waals surface area contributed by atoms with Crippen LogP contribution in [0.15, 0.2) is 53.4 Å². The monoisotopic (exact) mass is 531 g/mol. The molecule has 3 amide bonds. The van der Waals surface area contributed by atoms with Crippen LogP contribution in [-0.4, -0.2) is 54.0 Å². The second kappa shape index (κ2) is 11.0. The summed E-state index contributed by atoms with van der Waals surface area (Å²) in [5.41, 5.74) is 0.924. The zero-order valence-corrected chi connectivity index (χ0v) is 21.7. The Morgan fingerprint density at radius 2 is 1.86 bits per heavy atom. The van der Waals surface area contributed by atoms with Gasteiger partial charge in [-0.15, -0.1) is 0 Å². The SMILES string of the molecule is C[C@@H](C(=O)NC1CCCC1)N(Cc1cccc(Cl)c1)C(=O)CCCN1C(=O)c2ccccc2S1(=O)=O. The van der Waals surface area contributed by atoms with Crippen molar-refractivity contribution in [1.29, 1.82) is 0 Å². The average Bonchev–Trinajstić information content (AvgIpc) is 3.43. The van der Waals surface area contributed by atoms with Crippen molar-refractivity contribution >= 4 is 39.3 Å². The van der Waals surface area contributed by atoms with Gasteiger partial charge in [-0.25, -0.2) is 12.7 Å². The van der Waals surface area contributed by atoms with Crippen molar-refractivity contribution in [3.63, 3.8) is 0 Å². The van der Waals surface area contributed by atoms with Crippen molar-refractivity contribution in [2.45, 2.75) is 69.0 Å². The molecule has 8 nitrogen and oxygen atoms in total. The van der Waals surface area contributed by atoms with E-state index in [1.807, 2.05) is 6.07 Å². The lowest BCUT2D eigenvalue weighted by Gasteiger charge is -2.30. The highest BCUT2D eigenvalue weighted by Crippen LogP contribution is 2.30. The number of sulfonamides is 1. The molecule has 0 radical (unpaired) electrons. The molecule has 1 saturated carbocycles. The Labute approximate surface area is 216 Å². The van der Waals surface area contributed by atoms with E-state index in [4.69, 9.17) is 11.6 Å². The Morgan fingerprint density at radius 1 is 1.14 bits per heavy atom. The fourth-order valence-electron chi connectivity index (χ4n) is 4.78. The third kappa shape index (κ3) is 5.57. The third-order valence-corrected chi connectivity index (χ3v) is 8.85. The highest BCUT2D eigenvalue weighted by molar-refractivity contribution is 7.90. The van der Waals surface area contributed by atoms with Crippen LogP contribution in [0, 0.1) is 0 Å². The minimum atomic E-state index is -3.93. The molecule has 2 aromatic carbocycles. The van der Waals surface area contributed by atoms with Crippen molar-refractivity contribution in [1.82, 2.24) is 14.5 Å². The summed E-state index contributed by atoms with van der Waals surface area (Å²) in [5.74, 6) is -1.10. The molecule has 1 N–H and O–H groups in total. The van der Waals surface area contributed by atoms with Crippen LogP contribution in [0.1, 0.15) is 61.4 Å². The van der Waals surface area contributed by atoms with Crippen LogP contribution in [0.2, 0.25) is 5.02 Å². The molecule has 2 aliphatic rings. The second-order valence-electron chi connectivity index (χ2n) is 9.30. The summed E-state index contributed by atoms with van der Waals surface area (Å²) in [7, 11) is -3.93. The maximum atomic E-state index is 13.3. The molecule has 1 heterocycles. The second-order valence-corrected chi connectivity index (χ2v) is 11.6. The van der Waals surface area contributed by atoms with E-state index in [9.17, 15) is 22.8 Å². The number of rotatable bonds is 9. The molecule has 1 fully saturated rings. The van der Waals surface area contributed by atoms with Gasteiger partial charge < -0.3 is 10.2 Å². The van der Waals surface area contributed by atoms with Crippen LogP contribution in [0.25, 0.3) is 0 Å². The van der Waals surface area contributed by atoms with E-state index in [0.29, 0.717) is 5.02 Å². The number of hydrogen-bond acceptors (Lipinski definition) is 5. The Bertz CT molecular complexity index is 1260. The number of carbonyl (C=O) groups excluding carboxylic acids is 3. The molecule has 0 aromatic heterocycles. The van der Waals surface area contributed by atoms with Crippen LogP contribution < -0.4 is 5.32 Å². The van der Waals surface area contributed by atoms with E-state index in [0.717, 1.165) is 35.6 Å². The highest BCUT2D eigenvalue weighted by atomic mass is 35.5. The molecule has 2 aromatic rings. The molecule has 1 atom stereocenters. The minimum absolute atomic E-state index is 0.0129. The van der Waals surface area contributed by atoms with Gasteiger partial charge in [-0.1, -0.05) is 48.7 Å². The average molecular weight is 532 g/mol. The maximum Gasteiger partial charge on any atom is 0.269 e. The predicted octanol–water partition coefficient (Wildman–Crippen LogP) is 3.74. The van der Waals surface area contributed by atoms with Crippen molar-refractivity contribution in [3.05, 3.63) is 64.7 Å². The lowest BCUT2D eigenvalue weighted by atomic mass is 10.1. The Kier molecular flexibility index (Phi) is 8.00. The Balaban J connectivity index is 1.44. The zero-order chi connectivity index (χ0) is 25.9. The van der Waals surface area contributed by atoms with Gasteiger partial charge in [0, 0.05) is 30.6 Å². The molecule has 36 heavy (non-hydrogen) atoms. The van der Waals surface area contributed by atoms with Crippen molar-refractivity contribution in [2.75, 3.05) is 6.54 Å². The molecule has 4 rings (SSSR count). The summed E-state index contributed by atoms with van der Waals surface area (Å²) in [6, 6.07) is 12.6. The van der Waals surface area contributed by atoms with Gasteiger partial charge in [0.25, 0.3) is 15.9 Å². The molecule has 0 saturated heterocycles. The predicted molar refractivity (Wildman–Crippen MR) is 136 cm³/mol. The number of fused-ring (bicyclic) bond motifs is 1. The van der Waals surface area contributed by atoms with Gasteiger partial charge in [-0.3, -0.25) is 14.4 Å². The van der Waals surface area contributed by atoms with E-state index >= 15 is 0 Å². The summed E-state index contributed by atoms with van der Waals surface area (Å²) in [5, 5.41) is 3.58. The highest BCUT2D eigenvalue weighted by Gasteiger charge is 2.40. The number of hydrogen-bond donors (Lipinski definition) is 1. The normalized spacial score (nSPS) is 17.6. The molecule has 0 spiro atoms. The smallest absolute Gasteiger partial charge is 0.269 e. The van der Waals surface area contributed by atoms with Crippen LogP contribution in [0.5, 0.6) is 0 Å². The maximum absolute atomic E-state index is 13.3. The van der Waals surface area contributed by atoms with Gasteiger partial charge in [0.15, 0.2) is 0 Å². The van der Waals surface area contributed by atoms with Crippen LogP contribution >= 0.6 is 11.6 Å². The van der Waals surface area contributed by atoms with Crippen LogP contribution in [0.4, 0.5) is 0 Å². The van der Waals surface area contributed by atoms with Gasteiger partial charge in [-0.05, 0) is 56.0 Å². The topological polar surface area (TPSA) is 104 Å². The summed E-state index contributed by atoms with van der Waals surface area (Å²) >= 11 is 6.12. The van der Waals surface area contributed by atoms with Crippen molar-refractivity contribution in [3.8, 4) is 0 Å². The van der Waals surface area contributed by atoms with E-state index in [-0.39, 0.29) is 54.2 Å². The molecule has 1 aliphatic heterocycles. The first-order chi connectivity index (χ1) is 17.2. The summed E-state index contributed by atoms with van der Waals surface area (Å²) in [6.45, 7) is 1.76. The number of carbonyl (C=O) groups is 3.